The summed E-state index contributed by atoms with van der Waals surface area (Å²) in [5.74, 6) is 0.558. The number of para-hydroxylation sites is 2. The van der Waals surface area contributed by atoms with Crippen LogP contribution in [0.1, 0.15) is 35.8 Å². The van der Waals surface area contributed by atoms with Crippen LogP contribution in [-0.2, 0) is 0 Å². The Bertz CT molecular complexity index is 656. The van der Waals surface area contributed by atoms with Gasteiger partial charge in [0.05, 0.1) is 12.8 Å². The Labute approximate surface area is 129 Å². The van der Waals surface area contributed by atoms with E-state index in [0.717, 1.165) is 5.69 Å². The molecule has 5 heteroatoms. The molecule has 2 rings (SSSR count). The molecule has 0 unspecified atom stereocenters. The highest BCUT2D eigenvalue weighted by molar-refractivity contribution is 6.29. The number of pyridine rings is 1. The first-order valence-corrected chi connectivity index (χ1v) is 7.01. The molecule has 0 bridgehead atoms. The number of methoxy groups -OCH3 is 1. The molecule has 0 saturated carbocycles. The van der Waals surface area contributed by atoms with Gasteiger partial charge in [-0.2, -0.15) is 0 Å². The van der Waals surface area contributed by atoms with Crippen molar-refractivity contribution in [1.29, 1.82) is 0 Å². The molecule has 21 heavy (non-hydrogen) atoms. The number of benzene rings is 1. The van der Waals surface area contributed by atoms with Gasteiger partial charge in [-0.1, -0.05) is 37.6 Å². The molecule has 0 saturated heterocycles. The highest BCUT2D eigenvalue weighted by Gasteiger charge is 2.13. The van der Waals surface area contributed by atoms with Crippen LogP contribution in [0, 0.1) is 0 Å². The van der Waals surface area contributed by atoms with Gasteiger partial charge < -0.3 is 10.1 Å². The first-order valence-electron chi connectivity index (χ1n) is 6.63. The van der Waals surface area contributed by atoms with Gasteiger partial charge in [0.15, 0.2) is 0 Å². The molecule has 0 aliphatic rings. The molecule has 0 fully saturated rings. The Morgan fingerprint density at radius 3 is 2.67 bits per heavy atom. The lowest BCUT2D eigenvalue weighted by atomic mass is 10.1. The Morgan fingerprint density at radius 2 is 2.00 bits per heavy atom. The topological polar surface area (TPSA) is 51.2 Å². The van der Waals surface area contributed by atoms with Crippen molar-refractivity contribution in [3.8, 4) is 5.75 Å². The fraction of sp³-hybridized carbons (Fsp3) is 0.250. The van der Waals surface area contributed by atoms with Crippen molar-refractivity contribution in [3.05, 3.63) is 52.8 Å². The van der Waals surface area contributed by atoms with Gasteiger partial charge in [-0.3, -0.25) is 4.79 Å². The van der Waals surface area contributed by atoms with Crippen LogP contribution in [0.15, 0.2) is 36.4 Å². The van der Waals surface area contributed by atoms with E-state index >= 15 is 0 Å². The SMILES string of the molecule is COc1ccccc1NC(=O)c1cc(Cl)nc(C(C)C)c1. The molecule has 2 aromatic rings. The molecule has 1 amide bonds. The molecule has 0 spiro atoms. The number of nitrogens with one attached hydrogen (secondary N) is 1. The summed E-state index contributed by atoms with van der Waals surface area (Å²) in [6.45, 7) is 4.00. The van der Waals surface area contributed by atoms with Crippen LogP contribution in [-0.4, -0.2) is 18.0 Å². The van der Waals surface area contributed by atoms with E-state index in [1.54, 1.807) is 31.4 Å². The van der Waals surface area contributed by atoms with E-state index < -0.39 is 0 Å². The van der Waals surface area contributed by atoms with Crippen LogP contribution < -0.4 is 10.1 Å². The minimum Gasteiger partial charge on any atom is -0.495 e. The molecule has 1 N–H and O–H groups in total. The van der Waals surface area contributed by atoms with Crippen LogP contribution in [0.25, 0.3) is 0 Å². The average Bonchev–Trinajstić information content (AvgIpc) is 2.47. The standard InChI is InChI=1S/C16H17ClN2O2/c1-10(2)13-8-11(9-15(17)18-13)16(20)19-12-6-4-5-7-14(12)21-3/h4-10H,1-3H3,(H,19,20). The van der Waals surface area contributed by atoms with Gasteiger partial charge in [0.25, 0.3) is 5.91 Å². The zero-order valence-electron chi connectivity index (χ0n) is 12.2. The van der Waals surface area contributed by atoms with E-state index in [-0.39, 0.29) is 11.8 Å². The smallest absolute Gasteiger partial charge is 0.255 e. The second-order valence-corrected chi connectivity index (χ2v) is 5.30. The molecule has 0 aliphatic carbocycles. The van der Waals surface area contributed by atoms with Crippen LogP contribution in [0.5, 0.6) is 5.75 Å². The van der Waals surface area contributed by atoms with Gasteiger partial charge in [0.1, 0.15) is 10.9 Å². The Kier molecular flexibility index (Phi) is 4.81. The lowest BCUT2D eigenvalue weighted by Crippen LogP contribution is -2.13. The maximum Gasteiger partial charge on any atom is 0.255 e. The normalized spacial score (nSPS) is 10.5. The van der Waals surface area contributed by atoms with Crippen molar-refractivity contribution in [1.82, 2.24) is 4.98 Å². The lowest BCUT2D eigenvalue weighted by molar-refractivity contribution is 0.102. The number of hydrogen-bond acceptors (Lipinski definition) is 3. The second-order valence-electron chi connectivity index (χ2n) is 4.91. The average molecular weight is 305 g/mol. The largest absolute Gasteiger partial charge is 0.495 e. The summed E-state index contributed by atoms with van der Waals surface area (Å²) in [4.78, 5) is 16.6. The number of halogens is 1. The molecular weight excluding hydrogens is 288 g/mol. The first-order chi connectivity index (χ1) is 10.0. The predicted molar refractivity (Wildman–Crippen MR) is 84.3 cm³/mol. The maximum absolute atomic E-state index is 12.4. The third kappa shape index (κ3) is 3.73. The molecular formula is C16H17ClN2O2. The number of hydrogen-bond donors (Lipinski definition) is 1. The van der Waals surface area contributed by atoms with E-state index in [1.165, 1.54) is 0 Å². The third-order valence-electron chi connectivity index (χ3n) is 3.02. The number of ether oxygens (including phenoxy) is 1. The summed E-state index contributed by atoms with van der Waals surface area (Å²) < 4.78 is 5.21. The van der Waals surface area contributed by atoms with Gasteiger partial charge in [-0.25, -0.2) is 4.98 Å². The third-order valence-corrected chi connectivity index (χ3v) is 3.22. The molecule has 0 atom stereocenters. The fourth-order valence-corrected chi connectivity index (χ4v) is 2.10. The molecule has 0 aliphatic heterocycles. The molecule has 4 nitrogen and oxygen atoms in total. The molecule has 1 aromatic heterocycles. The quantitative estimate of drug-likeness (QED) is 0.864. The van der Waals surface area contributed by atoms with Gasteiger partial charge in [-0.15, -0.1) is 0 Å². The predicted octanol–water partition coefficient (Wildman–Crippen LogP) is 4.12. The van der Waals surface area contributed by atoms with Gasteiger partial charge in [0.2, 0.25) is 0 Å². The van der Waals surface area contributed by atoms with E-state index in [2.05, 4.69) is 10.3 Å². The highest BCUT2D eigenvalue weighted by Crippen LogP contribution is 2.24. The number of anilines is 1. The monoisotopic (exact) mass is 304 g/mol. The number of aromatic nitrogens is 1. The molecule has 1 heterocycles. The van der Waals surface area contributed by atoms with E-state index in [0.29, 0.717) is 22.2 Å². The highest BCUT2D eigenvalue weighted by atomic mass is 35.5. The summed E-state index contributed by atoms with van der Waals surface area (Å²) in [6.07, 6.45) is 0. The van der Waals surface area contributed by atoms with Crippen molar-refractivity contribution >= 4 is 23.2 Å². The summed E-state index contributed by atoms with van der Waals surface area (Å²) in [5, 5.41) is 3.13. The number of amides is 1. The minimum atomic E-state index is -0.245. The number of carbonyl (C=O) groups excluding carboxylic acids is 1. The number of carbonyl (C=O) groups is 1. The van der Waals surface area contributed by atoms with E-state index in [9.17, 15) is 4.79 Å². The Hall–Kier alpha value is -2.07. The van der Waals surface area contributed by atoms with Crippen molar-refractivity contribution in [3.63, 3.8) is 0 Å². The summed E-state index contributed by atoms with van der Waals surface area (Å²) in [5.41, 5.74) is 1.88. The number of nitrogens with zero attached hydrogens (tertiary/aromatic N) is 1. The van der Waals surface area contributed by atoms with Crippen LogP contribution >= 0.6 is 11.6 Å². The van der Waals surface area contributed by atoms with Crippen LogP contribution in [0.3, 0.4) is 0 Å². The molecule has 110 valence electrons. The Balaban J connectivity index is 2.28. The second kappa shape index (κ2) is 6.59. The molecule has 1 aromatic carbocycles. The first kappa shape index (κ1) is 15.3. The zero-order valence-corrected chi connectivity index (χ0v) is 12.9. The van der Waals surface area contributed by atoms with Crippen molar-refractivity contribution in [2.75, 3.05) is 12.4 Å². The van der Waals surface area contributed by atoms with E-state index in [1.807, 2.05) is 26.0 Å². The van der Waals surface area contributed by atoms with E-state index in [4.69, 9.17) is 16.3 Å². The molecule has 0 radical (unpaired) electrons. The van der Waals surface area contributed by atoms with Gasteiger partial charge >= 0.3 is 0 Å². The number of rotatable bonds is 4. The summed E-state index contributed by atoms with van der Waals surface area (Å²) in [6, 6.07) is 10.5. The van der Waals surface area contributed by atoms with Gasteiger partial charge in [0, 0.05) is 11.3 Å². The minimum absolute atomic E-state index is 0.196. The van der Waals surface area contributed by atoms with Crippen molar-refractivity contribution < 1.29 is 9.53 Å². The van der Waals surface area contributed by atoms with Gasteiger partial charge in [-0.05, 0) is 30.2 Å². The lowest BCUT2D eigenvalue weighted by Gasteiger charge is -2.11. The fourth-order valence-electron chi connectivity index (χ4n) is 1.89. The maximum atomic E-state index is 12.4. The Morgan fingerprint density at radius 1 is 1.29 bits per heavy atom. The van der Waals surface area contributed by atoms with Crippen molar-refractivity contribution in [2.24, 2.45) is 0 Å². The summed E-state index contributed by atoms with van der Waals surface area (Å²) in [7, 11) is 1.56. The summed E-state index contributed by atoms with van der Waals surface area (Å²) >= 11 is 5.98. The van der Waals surface area contributed by atoms with Crippen LogP contribution in [0.2, 0.25) is 5.15 Å². The van der Waals surface area contributed by atoms with Crippen molar-refractivity contribution in [2.45, 2.75) is 19.8 Å². The van der Waals surface area contributed by atoms with Crippen LogP contribution in [0.4, 0.5) is 5.69 Å². The zero-order chi connectivity index (χ0) is 15.4.